The molecule has 0 spiro atoms. The van der Waals surface area contributed by atoms with Crippen LogP contribution in [0, 0.1) is 5.92 Å². The number of benzene rings is 1. The van der Waals surface area contributed by atoms with Crippen LogP contribution >= 0.6 is 0 Å². The summed E-state index contributed by atoms with van der Waals surface area (Å²) in [7, 11) is 3.04. The standard InChI is InChI=1S/C21H22N2O3/c1-13-18(17-10-5-6-11-22-17)20(15-8-7-9-16(12-15)25-3)19(14(2)23-13)21(24)26-4/h5-12,19-20H,1-4H3. The quantitative estimate of drug-likeness (QED) is 0.786. The number of esters is 1. The highest BCUT2D eigenvalue weighted by Gasteiger charge is 2.40. The second-order valence-corrected chi connectivity index (χ2v) is 6.22. The van der Waals surface area contributed by atoms with Gasteiger partial charge in [-0.2, -0.15) is 0 Å². The molecule has 0 aliphatic carbocycles. The van der Waals surface area contributed by atoms with Gasteiger partial charge in [0.2, 0.25) is 0 Å². The summed E-state index contributed by atoms with van der Waals surface area (Å²) in [6.07, 6.45) is 1.75. The number of ether oxygens (including phenoxy) is 2. The fraction of sp³-hybridized carbons (Fsp3) is 0.286. The molecule has 0 amide bonds. The average molecular weight is 350 g/mol. The molecular formula is C21H22N2O3. The zero-order chi connectivity index (χ0) is 18.7. The van der Waals surface area contributed by atoms with Crippen LogP contribution in [0.4, 0.5) is 0 Å². The molecule has 2 aromatic rings. The van der Waals surface area contributed by atoms with Gasteiger partial charge >= 0.3 is 5.97 Å². The Bertz CT molecular complexity index is 872. The normalized spacial score (nSPS) is 19.8. The van der Waals surface area contributed by atoms with Crippen molar-refractivity contribution in [2.24, 2.45) is 10.9 Å². The molecule has 0 radical (unpaired) electrons. The maximum absolute atomic E-state index is 12.6. The average Bonchev–Trinajstić information content (AvgIpc) is 2.67. The molecule has 0 saturated carbocycles. The van der Waals surface area contributed by atoms with Gasteiger partial charge in [0.15, 0.2) is 0 Å². The fourth-order valence-electron chi connectivity index (χ4n) is 3.52. The molecule has 5 heteroatoms. The summed E-state index contributed by atoms with van der Waals surface area (Å²) < 4.78 is 10.5. The molecule has 26 heavy (non-hydrogen) atoms. The van der Waals surface area contributed by atoms with E-state index in [0.717, 1.165) is 34.0 Å². The Labute approximate surface area is 153 Å². The first-order valence-corrected chi connectivity index (χ1v) is 8.46. The maximum Gasteiger partial charge on any atom is 0.315 e. The number of carbonyl (C=O) groups is 1. The van der Waals surface area contributed by atoms with Crippen molar-refractivity contribution in [1.82, 2.24) is 4.98 Å². The Morgan fingerprint density at radius 2 is 1.88 bits per heavy atom. The van der Waals surface area contributed by atoms with Crippen molar-refractivity contribution in [3.63, 3.8) is 0 Å². The van der Waals surface area contributed by atoms with Crippen LogP contribution in [-0.4, -0.2) is 30.9 Å². The number of hydrogen-bond donors (Lipinski definition) is 0. The monoisotopic (exact) mass is 350 g/mol. The van der Waals surface area contributed by atoms with E-state index in [4.69, 9.17) is 9.47 Å². The van der Waals surface area contributed by atoms with Gasteiger partial charge in [-0.1, -0.05) is 18.2 Å². The molecule has 1 aromatic carbocycles. The topological polar surface area (TPSA) is 60.8 Å². The van der Waals surface area contributed by atoms with E-state index in [1.54, 1.807) is 13.3 Å². The van der Waals surface area contributed by atoms with Gasteiger partial charge in [0.25, 0.3) is 0 Å². The van der Waals surface area contributed by atoms with Gasteiger partial charge in [-0.25, -0.2) is 0 Å². The minimum atomic E-state index is -0.507. The lowest BCUT2D eigenvalue weighted by atomic mass is 9.74. The van der Waals surface area contributed by atoms with E-state index in [0.29, 0.717) is 0 Å². The summed E-state index contributed by atoms with van der Waals surface area (Å²) in [6.45, 7) is 3.82. The SMILES string of the molecule is COC(=O)C1C(C)=NC(C)=C(c2ccccn2)C1c1cccc(OC)c1. The van der Waals surface area contributed by atoms with E-state index in [1.807, 2.05) is 56.3 Å². The Kier molecular flexibility index (Phi) is 5.16. The number of aromatic nitrogens is 1. The second-order valence-electron chi connectivity index (χ2n) is 6.22. The lowest BCUT2D eigenvalue weighted by molar-refractivity contribution is -0.143. The molecule has 0 bridgehead atoms. The maximum atomic E-state index is 12.6. The van der Waals surface area contributed by atoms with Crippen molar-refractivity contribution in [3.05, 3.63) is 65.6 Å². The molecule has 0 N–H and O–H groups in total. The van der Waals surface area contributed by atoms with Crippen molar-refractivity contribution in [3.8, 4) is 5.75 Å². The number of allylic oxidation sites excluding steroid dienone is 2. The third-order valence-electron chi connectivity index (χ3n) is 4.68. The zero-order valence-corrected chi connectivity index (χ0v) is 15.4. The predicted molar refractivity (Wildman–Crippen MR) is 101 cm³/mol. The smallest absolute Gasteiger partial charge is 0.315 e. The molecule has 1 aliphatic heterocycles. The van der Waals surface area contributed by atoms with Gasteiger partial charge in [-0.15, -0.1) is 0 Å². The van der Waals surface area contributed by atoms with Crippen molar-refractivity contribution in [1.29, 1.82) is 0 Å². The summed E-state index contributed by atoms with van der Waals surface area (Å²) >= 11 is 0. The van der Waals surface area contributed by atoms with Crippen LogP contribution in [0.25, 0.3) is 5.57 Å². The summed E-state index contributed by atoms with van der Waals surface area (Å²) in [5, 5.41) is 0. The number of rotatable bonds is 4. The van der Waals surface area contributed by atoms with Gasteiger partial charge in [0.05, 0.1) is 19.9 Å². The number of aliphatic imine (C=N–C) groups is 1. The highest BCUT2D eigenvalue weighted by molar-refractivity contribution is 6.06. The Balaban J connectivity index is 2.23. The van der Waals surface area contributed by atoms with Gasteiger partial charge in [0, 0.05) is 29.1 Å². The van der Waals surface area contributed by atoms with E-state index < -0.39 is 5.92 Å². The van der Waals surface area contributed by atoms with Crippen LogP contribution in [0.2, 0.25) is 0 Å². The number of methoxy groups -OCH3 is 2. The molecule has 2 unspecified atom stereocenters. The molecule has 2 atom stereocenters. The lowest BCUT2D eigenvalue weighted by Crippen LogP contribution is -2.33. The van der Waals surface area contributed by atoms with Crippen LogP contribution in [0.1, 0.15) is 31.0 Å². The van der Waals surface area contributed by atoms with Crippen LogP contribution < -0.4 is 4.74 Å². The number of hydrogen-bond acceptors (Lipinski definition) is 5. The highest BCUT2D eigenvalue weighted by atomic mass is 16.5. The largest absolute Gasteiger partial charge is 0.497 e. The summed E-state index contributed by atoms with van der Waals surface area (Å²) in [6, 6.07) is 13.5. The van der Waals surface area contributed by atoms with E-state index in [2.05, 4.69) is 9.98 Å². The Morgan fingerprint density at radius 3 is 2.54 bits per heavy atom. The van der Waals surface area contributed by atoms with Crippen molar-refractivity contribution in [2.75, 3.05) is 14.2 Å². The first kappa shape index (κ1) is 17.9. The Hall–Kier alpha value is -2.95. The van der Waals surface area contributed by atoms with Gasteiger partial charge in [-0.3, -0.25) is 14.8 Å². The molecule has 2 heterocycles. The summed E-state index contributed by atoms with van der Waals surface area (Å²) in [4.78, 5) is 21.8. The van der Waals surface area contributed by atoms with Crippen molar-refractivity contribution in [2.45, 2.75) is 19.8 Å². The first-order valence-electron chi connectivity index (χ1n) is 8.46. The lowest BCUT2D eigenvalue weighted by Gasteiger charge is -2.32. The van der Waals surface area contributed by atoms with Crippen LogP contribution in [0.5, 0.6) is 5.75 Å². The Morgan fingerprint density at radius 1 is 1.08 bits per heavy atom. The van der Waals surface area contributed by atoms with Gasteiger partial charge in [0.1, 0.15) is 11.7 Å². The van der Waals surface area contributed by atoms with Gasteiger partial charge < -0.3 is 9.47 Å². The fourth-order valence-corrected chi connectivity index (χ4v) is 3.52. The van der Waals surface area contributed by atoms with E-state index >= 15 is 0 Å². The van der Waals surface area contributed by atoms with Crippen molar-refractivity contribution < 1.29 is 14.3 Å². The van der Waals surface area contributed by atoms with Crippen molar-refractivity contribution >= 4 is 17.3 Å². The minimum absolute atomic E-state index is 0.245. The predicted octanol–water partition coefficient (Wildman–Crippen LogP) is 3.87. The molecule has 3 rings (SSSR count). The third kappa shape index (κ3) is 3.25. The summed E-state index contributed by atoms with van der Waals surface area (Å²) in [5.41, 5.74) is 4.30. The molecule has 134 valence electrons. The zero-order valence-electron chi connectivity index (χ0n) is 15.4. The summed E-state index contributed by atoms with van der Waals surface area (Å²) in [5.74, 6) is -0.318. The second kappa shape index (κ2) is 7.52. The number of nitrogens with zero attached hydrogens (tertiary/aromatic N) is 2. The van der Waals surface area contributed by atoms with E-state index in [-0.39, 0.29) is 11.9 Å². The van der Waals surface area contributed by atoms with E-state index in [9.17, 15) is 4.79 Å². The molecule has 1 aliphatic rings. The number of pyridine rings is 1. The molecular weight excluding hydrogens is 328 g/mol. The minimum Gasteiger partial charge on any atom is -0.497 e. The van der Waals surface area contributed by atoms with Gasteiger partial charge in [-0.05, 0) is 43.7 Å². The first-order chi connectivity index (χ1) is 12.6. The highest BCUT2D eigenvalue weighted by Crippen LogP contribution is 2.44. The van der Waals surface area contributed by atoms with E-state index in [1.165, 1.54) is 7.11 Å². The molecule has 0 fully saturated rings. The van der Waals surface area contributed by atoms with Crippen LogP contribution in [0.3, 0.4) is 0 Å². The number of carbonyl (C=O) groups excluding carboxylic acids is 1. The third-order valence-corrected chi connectivity index (χ3v) is 4.68. The van der Waals surface area contributed by atoms with Crippen LogP contribution in [0.15, 0.2) is 59.4 Å². The molecule has 1 aromatic heterocycles. The molecule has 0 saturated heterocycles. The molecule has 5 nitrogen and oxygen atoms in total. The van der Waals surface area contributed by atoms with Crippen LogP contribution in [-0.2, 0) is 9.53 Å².